The van der Waals surface area contributed by atoms with Crippen molar-refractivity contribution in [1.82, 2.24) is 13.9 Å². The second-order valence-electron chi connectivity index (χ2n) is 4.17. The van der Waals surface area contributed by atoms with E-state index in [1.54, 1.807) is 48.3 Å². The molecule has 0 radical (unpaired) electrons. The molecule has 102 valence electrons. The predicted molar refractivity (Wildman–Crippen MR) is 76.0 cm³/mol. The largest absolute Gasteiger partial charge is 0.337 e. The molecular formula is C12H14BrN3O2S. The fourth-order valence-corrected chi connectivity index (χ4v) is 3.36. The van der Waals surface area contributed by atoms with E-state index in [0.717, 1.165) is 4.47 Å². The van der Waals surface area contributed by atoms with Crippen molar-refractivity contribution in [2.24, 2.45) is 7.05 Å². The summed E-state index contributed by atoms with van der Waals surface area (Å²) >= 11 is 3.28. The van der Waals surface area contributed by atoms with Gasteiger partial charge >= 0.3 is 0 Å². The summed E-state index contributed by atoms with van der Waals surface area (Å²) in [6, 6.07) is 6.66. The van der Waals surface area contributed by atoms with Gasteiger partial charge in [-0.3, -0.25) is 0 Å². The van der Waals surface area contributed by atoms with E-state index < -0.39 is 10.0 Å². The Hall–Kier alpha value is -1.18. The zero-order valence-corrected chi connectivity index (χ0v) is 13.0. The van der Waals surface area contributed by atoms with Gasteiger partial charge in [0.15, 0.2) is 0 Å². The molecule has 0 saturated heterocycles. The van der Waals surface area contributed by atoms with E-state index in [2.05, 4.69) is 20.9 Å². The van der Waals surface area contributed by atoms with Crippen molar-refractivity contribution in [1.29, 1.82) is 0 Å². The first-order valence-electron chi connectivity index (χ1n) is 5.59. The summed E-state index contributed by atoms with van der Waals surface area (Å²) in [5, 5.41) is 0. The lowest BCUT2D eigenvalue weighted by Crippen LogP contribution is -2.27. The normalized spacial score (nSPS) is 12.0. The lowest BCUT2D eigenvalue weighted by Gasteiger charge is -2.17. The molecule has 1 heterocycles. The second kappa shape index (κ2) is 5.44. The first kappa shape index (κ1) is 14.2. The summed E-state index contributed by atoms with van der Waals surface area (Å²) in [7, 11) is -0.123. The molecule has 0 aliphatic heterocycles. The Kier molecular flexibility index (Phi) is 4.07. The third-order valence-corrected chi connectivity index (χ3v) is 5.08. The average molecular weight is 344 g/mol. The van der Waals surface area contributed by atoms with Gasteiger partial charge in [0.25, 0.3) is 0 Å². The molecular weight excluding hydrogens is 330 g/mol. The third-order valence-electron chi connectivity index (χ3n) is 2.79. The van der Waals surface area contributed by atoms with Crippen LogP contribution < -0.4 is 0 Å². The molecule has 0 aliphatic carbocycles. The van der Waals surface area contributed by atoms with Gasteiger partial charge in [-0.2, -0.15) is 4.31 Å². The monoisotopic (exact) mass is 343 g/mol. The van der Waals surface area contributed by atoms with E-state index in [1.807, 2.05) is 7.05 Å². The van der Waals surface area contributed by atoms with E-state index in [0.29, 0.717) is 5.82 Å². The molecule has 19 heavy (non-hydrogen) atoms. The Bertz CT molecular complexity index is 682. The molecule has 1 aromatic carbocycles. The van der Waals surface area contributed by atoms with Crippen LogP contribution in [0.4, 0.5) is 0 Å². The minimum atomic E-state index is -3.50. The number of sulfonamides is 1. The van der Waals surface area contributed by atoms with Crippen molar-refractivity contribution in [3.05, 3.63) is 47.0 Å². The van der Waals surface area contributed by atoms with Gasteiger partial charge in [0.05, 0.1) is 11.4 Å². The van der Waals surface area contributed by atoms with Crippen molar-refractivity contribution in [2.75, 3.05) is 7.05 Å². The number of halogens is 1. The number of benzene rings is 1. The Morgan fingerprint density at radius 1 is 1.42 bits per heavy atom. The van der Waals surface area contributed by atoms with Gasteiger partial charge in [0.2, 0.25) is 10.0 Å². The van der Waals surface area contributed by atoms with Gasteiger partial charge in [0, 0.05) is 31.0 Å². The van der Waals surface area contributed by atoms with E-state index >= 15 is 0 Å². The zero-order chi connectivity index (χ0) is 14.0. The molecule has 0 amide bonds. The molecule has 7 heteroatoms. The first-order chi connectivity index (χ1) is 8.91. The van der Waals surface area contributed by atoms with Crippen LogP contribution in [0, 0.1) is 0 Å². The van der Waals surface area contributed by atoms with Crippen molar-refractivity contribution in [3.63, 3.8) is 0 Å². The average Bonchev–Trinajstić information content (AvgIpc) is 2.75. The number of hydrogen-bond donors (Lipinski definition) is 0. The highest BCUT2D eigenvalue weighted by Crippen LogP contribution is 2.20. The van der Waals surface area contributed by atoms with Crippen molar-refractivity contribution in [3.8, 4) is 0 Å². The molecule has 0 spiro atoms. The van der Waals surface area contributed by atoms with Gasteiger partial charge in [-0.1, -0.05) is 22.0 Å². The van der Waals surface area contributed by atoms with Crippen LogP contribution in [0.3, 0.4) is 0 Å². The van der Waals surface area contributed by atoms with Crippen molar-refractivity contribution < 1.29 is 8.42 Å². The van der Waals surface area contributed by atoms with E-state index in [4.69, 9.17) is 0 Å². The quantitative estimate of drug-likeness (QED) is 0.853. The maximum absolute atomic E-state index is 12.4. The van der Waals surface area contributed by atoms with E-state index in [9.17, 15) is 8.42 Å². The molecule has 0 N–H and O–H groups in total. The number of aromatic nitrogens is 2. The summed E-state index contributed by atoms with van der Waals surface area (Å²) in [5.41, 5.74) is 0. The molecule has 0 saturated carbocycles. The van der Waals surface area contributed by atoms with E-state index in [-0.39, 0.29) is 11.4 Å². The number of hydrogen-bond acceptors (Lipinski definition) is 3. The highest BCUT2D eigenvalue weighted by Gasteiger charge is 2.22. The summed E-state index contributed by atoms with van der Waals surface area (Å²) in [4.78, 5) is 4.39. The third kappa shape index (κ3) is 3.05. The van der Waals surface area contributed by atoms with Gasteiger partial charge in [-0.25, -0.2) is 13.4 Å². The van der Waals surface area contributed by atoms with Crippen molar-refractivity contribution >= 4 is 26.0 Å². The standard InChI is InChI=1S/C12H14BrN3O2S/c1-15-7-6-14-12(15)9-16(2)19(17,18)11-5-3-4-10(13)8-11/h3-8H,9H2,1-2H3. The fraction of sp³-hybridized carbons (Fsp3) is 0.250. The number of aryl methyl sites for hydroxylation is 1. The first-order valence-corrected chi connectivity index (χ1v) is 7.82. The van der Waals surface area contributed by atoms with Crippen molar-refractivity contribution in [2.45, 2.75) is 11.4 Å². The SMILES string of the molecule is CN(Cc1nccn1C)S(=O)(=O)c1cccc(Br)c1. The molecule has 0 unspecified atom stereocenters. The smallest absolute Gasteiger partial charge is 0.243 e. The maximum Gasteiger partial charge on any atom is 0.243 e. The highest BCUT2D eigenvalue weighted by molar-refractivity contribution is 9.10. The number of nitrogens with zero attached hydrogens (tertiary/aromatic N) is 3. The van der Waals surface area contributed by atoms with Crippen LogP contribution >= 0.6 is 15.9 Å². The number of imidazole rings is 1. The Morgan fingerprint density at radius 3 is 2.74 bits per heavy atom. The fourth-order valence-electron chi connectivity index (χ4n) is 1.64. The van der Waals surface area contributed by atoms with Crippen LogP contribution in [0.15, 0.2) is 46.0 Å². The number of rotatable bonds is 4. The minimum Gasteiger partial charge on any atom is -0.337 e. The van der Waals surface area contributed by atoms with Gasteiger partial charge in [-0.15, -0.1) is 0 Å². The molecule has 5 nitrogen and oxygen atoms in total. The summed E-state index contributed by atoms with van der Waals surface area (Å²) in [6.07, 6.45) is 3.43. The van der Waals surface area contributed by atoms with E-state index in [1.165, 1.54) is 4.31 Å². The molecule has 2 rings (SSSR count). The summed E-state index contributed by atoms with van der Waals surface area (Å²) < 4.78 is 28.6. The summed E-state index contributed by atoms with van der Waals surface area (Å²) in [5.74, 6) is 0.695. The molecule has 1 aromatic heterocycles. The molecule has 0 bridgehead atoms. The molecule has 0 atom stereocenters. The lowest BCUT2D eigenvalue weighted by atomic mass is 10.4. The summed E-state index contributed by atoms with van der Waals surface area (Å²) in [6.45, 7) is 0.234. The predicted octanol–water partition coefficient (Wildman–Crippen LogP) is 2.00. The Morgan fingerprint density at radius 2 is 2.16 bits per heavy atom. The van der Waals surface area contributed by atoms with Gasteiger partial charge in [-0.05, 0) is 18.2 Å². The zero-order valence-electron chi connectivity index (χ0n) is 10.6. The minimum absolute atomic E-state index is 0.234. The van der Waals surface area contributed by atoms with Gasteiger partial charge in [0.1, 0.15) is 5.82 Å². The molecule has 0 fully saturated rings. The van der Waals surface area contributed by atoms with Crippen LogP contribution in [-0.4, -0.2) is 29.3 Å². The van der Waals surface area contributed by atoms with Crippen LogP contribution in [0.2, 0.25) is 0 Å². The van der Waals surface area contributed by atoms with Crippen LogP contribution in [-0.2, 0) is 23.6 Å². The lowest BCUT2D eigenvalue weighted by molar-refractivity contribution is 0.451. The maximum atomic E-state index is 12.4. The second-order valence-corrected chi connectivity index (χ2v) is 7.13. The molecule has 2 aromatic rings. The van der Waals surface area contributed by atoms with Crippen LogP contribution in [0.5, 0.6) is 0 Å². The Labute approximate surface area is 121 Å². The topological polar surface area (TPSA) is 55.2 Å². The van der Waals surface area contributed by atoms with Crippen LogP contribution in [0.25, 0.3) is 0 Å². The van der Waals surface area contributed by atoms with Gasteiger partial charge < -0.3 is 4.57 Å². The van der Waals surface area contributed by atoms with Crippen LogP contribution in [0.1, 0.15) is 5.82 Å². The molecule has 0 aliphatic rings. The highest BCUT2D eigenvalue weighted by atomic mass is 79.9. The Balaban J connectivity index is 2.27.